The number of benzene rings is 2. The highest BCUT2D eigenvalue weighted by atomic mass is 16.5. The summed E-state index contributed by atoms with van der Waals surface area (Å²) in [6, 6.07) is 15.9. The zero-order valence-corrected chi connectivity index (χ0v) is 22.6. The first-order valence-corrected chi connectivity index (χ1v) is 13.3. The number of pyridine rings is 1. The van der Waals surface area contributed by atoms with Crippen molar-refractivity contribution >= 4 is 5.97 Å². The van der Waals surface area contributed by atoms with Gasteiger partial charge in [0, 0.05) is 29.8 Å². The Labute approximate surface area is 229 Å². The third-order valence-corrected chi connectivity index (χ3v) is 7.21. The quantitative estimate of drug-likeness (QED) is 0.262. The fourth-order valence-electron chi connectivity index (χ4n) is 5.25. The van der Waals surface area contributed by atoms with Crippen LogP contribution in [0.1, 0.15) is 54.9 Å². The van der Waals surface area contributed by atoms with Gasteiger partial charge >= 0.3 is 5.97 Å². The molecule has 2 aromatic carbocycles. The number of esters is 1. The van der Waals surface area contributed by atoms with Crippen molar-refractivity contribution in [2.75, 3.05) is 27.4 Å². The Morgan fingerprint density at radius 3 is 2.59 bits per heavy atom. The lowest BCUT2D eigenvalue weighted by Gasteiger charge is -2.18. The lowest BCUT2D eigenvalue weighted by atomic mass is 9.96. The molecule has 3 atom stereocenters. The predicted molar refractivity (Wildman–Crippen MR) is 147 cm³/mol. The van der Waals surface area contributed by atoms with E-state index < -0.39 is 0 Å². The van der Waals surface area contributed by atoms with Crippen LogP contribution in [0.4, 0.5) is 0 Å². The maximum atomic E-state index is 11.8. The van der Waals surface area contributed by atoms with E-state index in [0.29, 0.717) is 12.5 Å². The number of hydrogen-bond acceptors (Lipinski definition) is 7. The van der Waals surface area contributed by atoms with Gasteiger partial charge in [0.15, 0.2) is 0 Å². The van der Waals surface area contributed by atoms with Crippen LogP contribution in [0.2, 0.25) is 0 Å². The van der Waals surface area contributed by atoms with Crippen molar-refractivity contribution in [2.24, 2.45) is 0 Å². The predicted octanol–water partition coefficient (Wildman–Crippen LogP) is 5.66. The molecule has 0 radical (unpaired) electrons. The highest BCUT2D eigenvalue weighted by molar-refractivity contribution is 5.76. The number of aromatic nitrogens is 1. The Morgan fingerprint density at radius 2 is 1.92 bits per heavy atom. The third-order valence-electron chi connectivity index (χ3n) is 7.21. The summed E-state index contributed by atoms with van der Waals surface area (Å²) >= 11 is 0. The van der Waals surface area contributed by atoms with E-state index in [2.05, 4.69) is 22.9 Å². The molecule has 1 aliphatic heterocycles. The molecule has 39 heavy (non-hydrogen) atoms. The number of methoxy groups -OCH3 is 2. The molecule has 0 N–H and O–H groups in total. The fourth-order valence-corrected chi connectivity index (χ4v) is 5.25. The Balaban J connectivity index is 1.34. The van der Waals surface area contributed by atoms with Crippen LogP contribution in [0.25, 0.3) is 11.1 Å². The molecule has 0 spiro atoms. The van der Waals surface area contributed by atoms with Crippen molar-refractivity contribution in [3.8, 4) is 40.3 Å². The maximum Gasteiger partial charge on any atom is 0.307 e. The van der Waals surface area contributed by atoms with E-state index in [1.54, 1.807) is 14.0 Å². The van der Waals surface area contributed by atoms with Crippen molar-refractivity contribution in [2.45, 2.75) is 50.7 Å². The van der Waals surface area contributed by atoms with Gasteiger partial charge in [-0.3, -0.25) is 4.79 Å². The molecule has 7 nitrogen and oxygen atoms in total. The van der Waals surface area contributed by atoms with E-state index in [0.717, 1.165) is 59.6 Å². The average Bonchev–Trinajstić information content (AvgIpc) is 3.63. The fraction of sp³-hybridized carbons (Fsp3) is 0.375. The van der Waals surface area contributed by atoms with Gasteiger partial charge in [0.25, 0.3) is 0 Å². The summed E-state index contributed by atoms with van der Waals surface area (Å²) in [4.78, 5) is 16.4. The molecule has 2 aliphatic rings. The Morgan fingerprint density at radius 1 is 1.08 bits per heavy atom. The molecule has 1 aliphatic carbocycles. The second kappa shape index (κ2) is 12.2. The van der Waals surface area contributed by atoms with E-state index in [-0.39, 0.29) is 30.5 Å². The van der Waals surface area contributed by atoms with Crippen LogP contribution in [0.15, 0.2) is 54.7 Å². The van der Waals surface area contributed by atoms with Gasteiger partial charge in [0.1, 0.15) is 23.7 Å². The highest BCUT2D eigenvalue weighted by Gasteiger charge is 2.29. The van der Waals surface area contributed by atoms with Gasteiger partial charge in [0.2, 0.25) is 5.88 Å². The van der Waals surface area contributed by atoms with Crippen molar-refractivity contribution in [1.29, 1.82) is 0 Å². The number of carbonyl (C=O) groups is 1. The molecule has 7 heteroatoms. The molecule has 0 bridgehead atoms. The lowest BCUT2D eigenvalue weighted by molar-refractivity contribution is -0.140. The smallest absolute Gasteiger partial charge is 0.307 e. The monoisotopic (exact) mass is 527 g/mol. The second-order valence-electron chi connectivity index (χ2n) is 9.64. The van der Waals surface area contributed by atoms with Crippen LogP contribution in [-0.2, 0) is 20.7 Å². The maximum absolute atomic E-state index is 11.8. The molecule has 1 aromatic heterocycles. The first-order valence-electron chi connectivity index (χ1n) is 13.3. The number of nitrogens with zero attached hydrogens (tertiary/aromatic N) is 1. The summed E-state index contributed by atoms with van der Waals surface area (Å²) in [6.45, 7) is 3.11. The minimum Gasteiger partial charge on any atom is -0.496 e. The van der Waals surface area contributed by atoms with Crippen molar-refractivity contribution < 1.29 is 28.5 Å². The second-order valence-corrected chi connectivity index (χ2v) is 9.64. The van der Waals surface area contributed by atoms with E-state index in [1.807, 2.05) is 48.7 Å². The van der Waals surface area contributed by atoms with Crippen LogP contribution < -0.4 is 14.2 Å². The van der Waals surface area contributed by atoms with Crippen LogP contribution >= 0.6 is 0 Å². The van der Waals surface area contributed by atoms with Crippen molar-refractivity contribution in [3.05, 3.63) is 71.4 Å². The Bertz CT molecular complexity index is 1350. The zero-order chi connectivity index (χ0) is 27.2. The van der Waals surface area contributed by atoms with E-state index in [1.165, 1.54) is 12.7 Å². The number of rotatable bonds is 9. The van der Waals surface area contributed by atoms with Gasteiger partial charge < -0.3 is 23.7 Å². The van der Waals surface area contributed by atoms with Gasteiger partial charge in [-0.2, -0.15) is 0 Å². The Kier molecular flexibility index (Phi) is 8.33. The molecule has 0 amide bonds. The van der Waals surface area contributed by atoms with E-state index in [4.69, 9.17) is 23.7 Å². The van der Waals surface area contributed by atoms with Gasteiger partial charge in [0.05, 0.1) is 39.8 Å². The first kappa shape index (κ1) is 26.6. The van der Waals surface area contributed by atoms with Crippen LogP contribution in [0.5, 0.6) is 17.4 Å². The van der Waals surface area contributed by atoms with E-state index >= 15 is 0 Å². The largest absolute Gasteiger partial charge is 0.496 e. The van der Waals surface area contributed by atoms with Gasteiger partial charge in [-0.05, 0) is 60.7 Å². The van der Waals surface area contributed by atoms with Gasteiger partial charge in [-0.15, -0.1) is 5.92 Å². The summed E-state index contributed by atoms with van der Waals surface area (Å²) < 4.78 is 28.4. The van der Waals surface area contributed by atoms with Gasteiger partial charge in [-0.25, -0.2) is 4.98 Å². The first-order chi connectivity index (χ1) is 19.1. The molecule has 2 heterocycles. The number of carbonyl (C=O) groups excluding carboxylic acids is 1. The SMILES string of the molecule is CC#CC(CC(=O)OC)c1ccc(O[C@@H]2CCc3c2ccc(OC)c3-c2ccc(O[C@@H]3CCOC3)nc2)cc1. The minimum absolute atomic E-state index is 0.0594. The number of ether oxygens (including phenoxy) is 5. The summed E-state index contributed by atoms with van der Waals surface area (Å²) in [7, 11) is 3.08. The molecular weight excluding hydrogens is 494 g/mol. The molecule has 1 saturated heterocycles. The zero-order valence-electron chi connectivity index (χ0n) is 22.6. The third kappa shape index (κ3) is 6.02. The topological polar surface area (TPSA) is 76.1 Å². The Hall–Kier alpha value is -4.02. The van der Waals surface area contributed by atoms with Gasteiger partial charge in [-0.1, -0.05) is 24.1 Å². The van der Waals surface area contributed by atoms with Crippen LogP contribution in [0.3, 0.4) is 0 Å². The average molecular weight is 528 g/mol. The molecule has 3 aromatic rings. The summed E-state index contributed by atoms with van der Waals surface area (Å²) in [6.07, 6.45) is 4.66. The summed E-state index contributed by atoms with van der Waals surface area (Å²) in [5.74, 6) is 7.71. The lowest BCUT2D eigenvalue weighted by Crippen LogP contribution is -2.16. The van der Waals surface area contributed by atoms with Crippen molar-refractivity contribution in [3.63, 3.8) is 0 Å². The van der Waals surface area contributed by atoms with E-state index in [9.17, 15) is 4.79 Å². The van der Waals surface area contributed by atoms with Crippen molar-refractivity contribution in [1.82, 2.24) is 4.98 Å². The molecule has 202 valence electrons. The number of fused-ring (bicyclic) bond motifs is 1. The molecule has 1 fully saturated rings. The number of hydrogen-bond donors (Lipinski definition) is 0. The molecule has 1 unspecified atom stereocenters. The normalized spacial score (nSPS) is 18.4. The summed E-state index contributed by atoms with van der Waals surface area (Å²) in [5, 5.41) is 0. The molecule has 0 saturated carbocycles. The highest BCUT2D eigenvalue weighted by Crippen LogP contribution is 2.44. The summed E-state index contributed by atoms with van der Waals surface area (Å²) in [5.41, 5.74) is 5.35. The minimum atomic E-state index is -0.280. The molecular formula is C32H33NO6. The van der Waals surface area contributed by atoms with Crippen LogP contribution in [-0.4, -0.2) is 44.5 Å². The van der Waals surface area contributed by atoms with Crippen LogP contribution in [0, 0.1) is 11.8 Å². The molecule has 5 rings (SSSR count). The standard InChI is InChI=1S/C32H33NO6/c1-4-5-22(18-31(34)36-3)21-6-9-24(10-7-21)38-28-13-12-27-26(28)11-14-29(35-2)32(27)23-8-15-30(33-19-23)39-25-16-17-37-20-25/h6-11,14-15,19,22,25,28H,12-13,16-18,20H2,1-3H3/t22?,25-,28-/m1/s1.